The molecule has 3 nitrogen and oxygen atoms in total. The second kappa shape index (κ2) is 6.27. The Morgan fingerprint density at radius 2 is 1.15 bits per heavy atom. The fourth-order valence-electron chi connectivity index (χ4n) is 1.89. The zero-order chi connectivity index (χ0) is 13.6. The zero-order valence-corrected chi connectivity index (χ0v) is 11.7. The van der Waals surface area contributed by atoms with Crippen LogP contribution in [0.15, 0.2) is 79.1 Å². The molecule has 1 heterocycles. The monoisotopic (exact) mass is 279 g/mol. The highest BCUT2D eigenvalue weighted by Gasteiger charge is 2.14. The van der Waals surface area contributed by atoms with Gasteiger partial charge < -0.3 is 5.09 Å². The van der Waals surface area contributed by atoms with Crippen LogP contribution in [0.25, 0.3) is 0 Å². The van der Waals surface area contributed by atoms with Gasteiger partial charge in [-0.05, 0) is 6.07 Å². The molecule has 20 heavy (non-hydrogen) atoms. The lowest BCUT2D eigenvalue weighted by Gasteiger charge is -2.19. The molecular weight excluding hydrogens is 265 g/mol. The van der Waals surface area contributed by atoms with Crippen molar-refractivity contribution in [3.63, 3.8) is 0 Å². The van der Waals surface area contributed by atoms with Gasteiger partial charge in [0.2, 0.25) is 5.95 Å². The lowest BCUT2D eigenvalue weighted by atomic mass is 10.4. The van der Waals surface area contributed by atoms with E-state index in [1.165, 1.54) is 10.6 Å². The standard InChI is InChI=1S/C16H14N3P/c1-3-8-14(9-4-1)20(15-10-5-2-6-11-15)19-16-17-12-7-13-18-16/h1-13H,(H,17,18,19). The molecule has 4 heteroatoms. The molecule has 98 valence electrons. The first-order valence-electron chi connectivity index (χ1n) is 6.37. The fourth-order valence-corrected chi connectivity index (χ4v) is 3.70. The fraction of sp³-hybridized carbons (Fsp3) is 0. The minimum absolute atomic E-state index is 0.659. The van der Waals surface area contributed by atoms with Crippen LogP contribution in [0.2, 0.25) is 0 Å². The van der Waals surface area contributed by atoms with E-state index in [1.807, 2.05) is 18.2 Å². The molecule has 0 amide bonds. The SMILES string of the molecule is c1ccc(P(Nc2ncccn2)c2ccccc2)cc1. The molecular formula is C16H14N3P. The van der Waals surface area contributed by atoms with Crippen molar-refractivity contribution in [2.24, 2.45) is 0 Å². The van der Waals surface area contributed by atoms with Crippen LogP contribution in [0.5, 0.6) is 0 Å². The second-order valence-corrected chi connectivity index (χ2v) is 6.12. The molecule has 0 fully saturated rings. The van der Waals surface area contributed by atoms with Crippen LogP contribution < -0.4 is 15.7 Å². The summed E-state index contributed by atoms with van der Waals surface area (Å²) in [6.07, 6.45) is 3.50. The number of anilines is 1. The summed E-state index contributed by atoms with van der Waals surface area (Å²) in [5, 5.41) is 5.96. The third-order valence-electron chi connectivity index (χ3n) is 2.81. The van der Waals surface area contributed by atoms with Gasteiger partial charge in [-0.2, -0.15) is 0 Å². The smallest absolute Gasteiger partial charge is 0.226 e. The van der Waals surface area contributed by atoms with E-state index in [-0.39, 0.29) is 0 Å². The highest BCUT2D eigenvalue weighted by atomic mass is 31.1. The summed E-state index contributed by atoms with van der Waals surface area (Å²) in [5.74, 6) is 0.659. The number of nitrogens with one attached hydrogen (secondary N) is 1. The summed E-state index contributed by atoms with van der Waals surface area (Å²) in [6.45, 7) is 0. The summed E-state index contributed by atoms with van der Waals surface area (Å²) in [4.78, 5) is 8.53. The summed E-state index contributed by atoms with van der Waals surface area (Å²) in [6, 6.07) is 22.6. The third-order valence-corrected chi connectivity index (χ3v) is 4.86. The average molecular weight is 279 g/mol. The number of rotatable bonds is 4. The van der Waals surface area contributed by atoms with Crippen molar-refractivity contribution in [1.29, 1.82) is 0 Å². The maximum absolute atomic E-state index is 4.26. The molecule has 0 aliphatic heterocycles. The normalized spacial score (nSPS) is 10.4. The second-order valence-electron chi connectivity index (χ2n) is 4.19. The molecule has 0 spiro atoms. The van der Waals surface area contributed by atoms with Gasteiger partial charge in [-0.15, -0.1) is 0 Å². The van der Waals surface area contributed by atoms with E-state index in [0.717, 1.165) is 0 Å². The predicted octanol–water partition coefficient (Wildman–Crippen LogP) is 2.94. The Bertz CT molecular complexity index is 605. The number of benzene rings is 2. The Kier molecular flexibility index (Phi) is 4.00. The molecule has 3 aromatic rings. The molecule has 0 atom stereocenters. The predicted molar refractivity (Wildman–Crippen MR) is 84.7 cm³/mol. The van der Waals surface area contributed by atoms with Gasteiger partial charge in [0.25, 0.3) is 0 Å². The minimum Gasteiger partial charge on any atom is -0.326 e. The van der Waals surface area contributed by atoms with E-state index in [1.54, 1.807) is 12.4 Å². The molecule has 2 aromatic carbocycles. The molecule has 0 saturated heterocycles. The Balaban J connectivity index is 1.96. The van der Waals surface area contributed by atoms with Crippen molar-refractivity contribution in [2.45, 2.75) is 0 Å². The summed E-state index contributed by atoms with van der Waals surface area (Å²) in [5.41, 5.74) is 0. The molecule has 0 radical (unpaired) electrons. The van der Waals surface area contributed by atoms with Gasteiger partial charge in [-0.3, -0.25) is 0 Å². The van der Waals surface area contributed by atoms with Crippen LogP contribution in [0.3, 0.4) is 0 Å². The molecule has 0 bridgehead atoms. The van der Waals surface area contributed by atoms with Crippen molar-refractivity contribution in [1.82, 2.24) is 9.97 Å². The Morgan fingerprint density at radius 3 is 1.65 bits per heavy atom. The van der Waals surface area contributed by atoms with E-state index in [9.17, 15) is 0 Å². The quantitative estimate of drug-likeness (QED) is 0.746. The summed E-state index contributed by atoms with van der Waals surface area (Å²) < 4.78 is 0. The van der Waals surface area contributed by atoms with Gasteiger partial charge in [0.1, 0.15) is 0 Å². The van der Waals surface area contributed by atoms with E-state index in [4.69, 9.17) is 0 Å². The van der Waals surface area contributed by atoms with Crippen molar-refractivity contribution in [3.8, 4) is 0 Å². The molecule has 0 aliphatic rings. The molecule has 1 N–H and O–H groups in total. The first kappa shape index (κ1) is 12.8. The minimum atomic E-state index is -0.702. The third kappa shape index (κ3) is 3.01. The lowest BCUT2D eigenvalue weighted by molar-refractivity contribution is 1.18. The molecule has 0 aliphatic carbocycles. The topological polar surface area (TPSA) is 37.8 Å². The number of aromatic nitrogens is 2. The highest BCUT2D eigenvalue weighted by Crippen LogP contribution is 2.32. The van der Waals surface area contributed by atoms with Gasteiger partial charge in [-0.25, -0.2) is 9.97 Å². The summed E-state index contributed by atoms with van der Waals surface area (Å²) >= 11 is 0. The van der Waals surface area contributed by atoms with Crippen LogP contribution in [-0.2, 0) is 0 Å². The largest absolute Gasteiger partial charge is 0.326 e. The number of nitrogens with zero attached hydrogens (tertiary/aromatic N) is 2. The lowest BCUT2D eigenvalue weighted by Crippen LogP contribution is -2.17. The Labute approximate surface area is 119 Å². The van der Waals surface area contributed by atoms with Crippen LogP contribution in [0, 0.1) is 0 Å². The van der Waals surface area contributed by atoms with E-state index >= 15 is 0 Å². The van der Waals surface area contributed by atoms with Gasteiger partial charge in [-0.1, -0.05) is 60.7 Å². The van der Waals surface area contributed by atoms with Gasteiger partial charge in [0, 0.05) is 23.0 Å². The maximum atomic E-state index is 4.26. The average Bonchev–Trinajstić information content (AvgIpc) is 2.55. The van der Waals surface area contributed by atoms with Crippen molar-refractivity contribution < 1.29 is 0 Å². The Hall–Kier alpha value is -2.25. The highest BCUT2D eigenvalue weighted by molar-refractivity contribution is 7.74. The number of hydrogen-bond acceptors (Lipinski definition) is 3. The molecule has 0 saturated carbocycles. The van der Waals surface area contributed by atoms with Gasteiger partial charge in [0.15, 0.2) is 0 Å². The summed E-state index contributed by atoms with van der Waals surface area (Å²) in [7, 11) is -0.702. The van der Waals surface area contributed by atoms with Crippen LogP contribution in [-0.4, -0.2) is 9.97 Å². The Morgan fingerprint density at radius 1 is 0.650 bits per heavy atom. The van der Waals surface area contributed by atoms with Crippen molar-refractivity contribution in [3.05, 3.63) is 79.1 Å². The molecule has 3 rings (SSSR count). The zero-order valence-electron chi connectivity index (χ0n) is 10.8. The van der Waals surface area contributed by atoms with Crippen LogP contribution in [0.1, 0.15) is 0 Å². The first-order valence-corrected chi connectivity index (χ1v) is 7.71. The van der Waals surface area contributed by atoms with Gasteiger partial charge in [0.05, 0.1) is 8.07 Å². The molecule has 1 aromatic heterocycles. The van der Waals surface area contributed by atoms with Crippen molar-refractivity contribution >= 4 is 24.6 Å². The van der Waals surface area contributed by atoms with Crippen LogP contribution >= 0.6 is 8.07 Å². The number of hydrogen-bond donors (Lipinski definition) is 1. The van der Waals surface area contributed by atoms with Crippen LogP contribution in [0.4, 0.5) is 5.95 Å². The first-order chi connectivity index (χ1) is 9.93. The van der Waals surface area contributed by atoms with Gasteiger partial charge >= 0.3 is 0 Å². The maximum Gasteiger partial charge on any atom is 0.226 e. The van der Waals surface area contributed by atoms with Crippen molar-refractivity contribution in [2.75, 3.05) is 5.09 Å². The van der Waals surface area contributed by atoms with E-state index in [2.05, 4.69) is 63.6 Å². The van der Waals surface area contributed by atoms with E-state index < -0.39 is 8.07 Å². The molecule has 0 unspecified atom stereocenters. The van der Waals surface area contributed by atoms with E-state index in [0.29, 0.717) is 5.95 Å².